The van der Waals surface area contributed by atoms with Crippen molar-refractivity contribution in [1.29, 1.82) is 0 Å². The summed E-state index contributed by atoms with van der Waals surface area (Å²) >= 11 is 7.38. The van der Waals surface area contributed by atoms with Crippen molar-refractivity contribution < 1.29 is 9.21 Å². The smallest absolute Gasteiger partial charge is 0.259 e. The lowest BCUT2D eigenvalue weighted by Crippen LogP contribution is -2.24. The highest BCUT2D eigenvalue weighted by Gasteiger charge is 2.21. The normalized spacial score (nSPS) is 12.3. The summed E-state index contributed by atoms with van der Waals surface area (Å²) in [6, 6.07) is 9.04. The van der Waals surface area contributed by atoms with Crippen LogP contribution in [0, 0.1) is 6.92 Å². The van der Waals surface area contributed by atoms with Gasteiger partial charge in [-0.1, -0.05) is 36.4 Å². The lowest BCUT2D eigenvalue weighted by Gasteiger charge is -2.13. The number of rotatable bonds is 5. The van der Waals surface area contributed by atoms with Crippen LogP contribution in [0.2, 0.25) is 5.02 Å². The number of aromatic nitrogens is 2. The van der Waals surface area contributed by atoms with Gasteiger partial charge >= 0.3 is 0 Å². The first-order chi connectivity index (χ1) is 11.6. The van der Waals surface area contributed by atoms with Gasteiger partial charge in [-0.25, -0.2) is 4.98 Å². The molecule has 3 aromatic rings. The summed E-state index contributed by atoms with van der Waals surface area (Å²) in [5, 5.41) is 3.63. The van der Waals surface area contributed by atoms with E-state index < -0.39 is 0 Å². The molecule has 1 N–H and O–H groups in total. The molecule has 2 heterocycles. The maximum absolute atomic E-state index is 12.5. The Morgan fingerprint density at radius 2 is 2.25 bits per heavy atom. The zero-order chi connectivity index (χ0) is 17.1. The van der Waals surface area contributed by atoms with E-state index in [1.165, 1.54) is 11.8 Å². The van der Waals surface area contributed by atoms with E-state index in [9.17, 15) is 4.79 Å². The van der Waals surface area contributed by atoms with E-state index in [-0.39, 0.29) is 11.2 Å². The van der Waals surface area contributed by atoms with Gasteiger partial charge in [-0.3, -0.25) is 4.79 Å². The molecule has 1 aromatic carbocycles. The minimum Gasteiger partial charge on any atom is -0.430 e. The van der Waals surface area contributed by atoms with Gasteiger partial charge in [-0.2, -0.15) is 4.98 Å². The van der Waals surface area contributed by atoms with Gasteiger partial charge in [-0.15, -0.1) is 0 Å². The Balaban J connectivity index is 1.72. The van der Waals surface area contributed by atoms with E-state index in [1.807, 2.05) is 26.0 Å². The molecule has 7 heteroatoms. The van der Waals surface area contributed by atoms with Crippen molar-refractivity contribution in [2.24, 2.45) is 0 Å². The number of amides is 1. The van der Waals surface area contributed by atoms with Gasteiger partial charge in [0.05, 0.1) is 5.25 Å². The highest BCUT2D eigenvalue weighted by Crippen LogP contribution is 2.29. The number of nitrogens with one attached hydrogen (secondary N) is 1. The SMILES string of the molecule is CC[C@@H](Sc1nc2ncccc2o1)C(=O)Nc1ccc(C)c(Cl)c1. The molecule has 0 aliphatic rings. The molecule has 0 aliphatic carbocycles. The number of carbonyl (C=O) groups excluding carboxylic acids is 1. The summed E-state index contributed by atoms with van der Waals surface area (Å²) in [4.78, 5) is 20.9. The van der Waals surface area contributed by atoms with Gasteiger partial charge in [0.1, 0.15) is 0 Å². The number of hydrogen-bond donors (Lipinski definition) is 1. The minimum atomic E-state index is -0.321. The standard InChI is InChI=1S/C17H16ClN3O2S/c1-3-14(16(22)20-11-7-6-10(2)12(18)9-11)24-17-21-15-13(23-17)5-4-8-19-15/h4-9,14H,3H2,1-2H3,(H,20,22)/t14-/m1/s1. The third-order valence-electron chi connectivity index (χ3n) is 3.49. The van der Waals surface area contributed by atoms with E-state index in [4.69, 9.17) is 16.0 Å². The molecule has 1 amide bonds. The Bertz CT molecular complexity index is 848. The van der Waals surface area contributed by atoms with Crippen molar-refractivity contribution in [1.82, 2.24) is 9.97 Å². The van der Waals surface area contributed by atoms with Gasteiger partial charge < -0.3 is 9.73 Å². The first-order valence-corrected chi connectivity index (χ1v) is 8.78. The number of oxazole rings is 1. The molecule has 24 heavy (non-hydrogen) atoms. The van der Waals surface area contributed by atoms with Crippen molar-refractivity contribution in [3.05, 3.63) is 47.1 Å². The van der Waals surface area contributed by atoms with E-state index >= 15 is 0 Å². The summed E-state index contributed by atoms with van der Waals surface area (Å²) in [6.07, 6.45) is 2.30. The summed E-state index contributed by atoms with van der Waals surface area (Å²) in [5.74, 6) is -0.113. The fraction of sp³-hybridized carbons (Fsp3) is 0.235. The number of carbonyl (C=O) groups is 1. The molecule has 0 aliphatic heterocycles. The van der Waals surface area contributed by atoms with Crippen molar-refractivity contribution >= 4 is 46.2 Å². The Labute approximate surface area is 148 Å². The number of benzene rings is 1. The summed E-state index contributed by atoms with van der Waals surface area (Å²) in [5.41, 5.74) is 2.80. The van der Waals surface area contributed by atoms with Crippen molar-refractivity contribution in [3.8, 4) is 0 Å². The zero-order valence-corrected chi connectivity index (χ0v) is 14.8. The zero-order valence-electron chi connectivity index (χ0n) is 13.2. The van der Waals surface area contributed by atoms with Crippen molar-refractivity contribution in [2.45, 2.75) is 30.7 Å². The number of anilines is 1. The highest BCUT2D eigenvalue weighted by molar-refractivity contribution is 8.00. The monoisotopic (exact) mass is 361 g/mol. The van der Waals surface area contributed by atoms with Crippen LogP contribution in [0.4, 0.5) is 5.69 Å². The molecule has 1 atom stereocenters. The number of nitrogens with zero attached hydrogens (tertiary/aromatic N) is 2. The molecule has 3 rings (SSSR count). The van der Waals surface area contributed by atoms with E-state index in [1.54, 1.807) is 24.4 Å². The Kier molecular flexibility index (Phi) is 5.06. The van der Waals surface area contributed by atoms with Crippen molar-refractivity contribution in [3.63, 3.8) is 0 Å². The summed E-state index contributed by atoms with van der Waals surface area (Å²) < 4.78 is 5.62. The van der Waals surface area contributed by atoms with E-state index in [2.05, 4.69) is 15.3 Å². The van der Waals surface area contributed by atoms with Gasteiger partial charge in [0, 0.05) is 16.9 Å². The van der Waals surface area contributed by atoms with Crippen LogP contribution >= 0.6 is 23.4 Å². The molecule has 0 saturated carbocycles. The first-order valence-electron chi connectivity index (χ1n) is 7.52. The number of thioether (sulfide) groups is 1. The minimum absolute atomic E-state index is 0.113. The predicted octanol–water partition coefficient (Wildman–Crippen LogP) is 4.69. The van der Waals surface area contributed by atoms with Gasteiger partial charge in [0.15, 0.2) is 11.2 Å². The second kappa shape index (κ2) is 7.23. The van der Waals surface area contributed by atoms with Crippen LogP contribution in [0.5, 0.6) is 0 Å². The van der Waals surface area contributed by atoms with Crippen LogP contribution in [0.1, 0.15) is 18.9 Å². The Hall–Kier alpha value is -2.05. The quantitative estimate of drug-likeness (QED) is 0.667. The maximum Gasteiger partial charge on any atom is 0.259 e. The molecule has 0 radical (unpaired) electrons. The fourth-order valence-corrected chi connectivity index (χ4v) is 3.17. The van der Waals surface area contributed by atoms with Gasteiger partial charge in [0.2, 0.25) is 5.91 Å². The van der Waals surface area contributed by atoms with Crippen LogP contribution in [-0.2, 0) is 4.79 Å². The number of fused-ring (bicyclic) bond motifs is 1. The van der Waals surface area contributed by atoms with Gasteiger partial charge in [0.25, 0.3) is 5.22 Å². The molecular weight excluding hydrogens is 346 g/mol. The van der Waals surface area contributed by atoms with Crippen LogP contribution < -0.4 is 5.32 Å². The first kappa shape index (κ1) is 16.8. The lowest BCUT2D eigenvalue weighted by molar-refractivity contribution is -0.115. The molecule has 0 fully saturated rings. The molecule has 2 aromatic heterocycles. The molecular formula is C17H16ClN3O2S. The molecule has 0 unspecified atom stereocenters. The molecule has 0 spiro atoms. The van der Waals surface area contributed by atoms with E-state index in [0.29, 0.717) is 33.6 Å². The lowest BCUT2D eigenvalue weighted by atomic mass is 10.2. The third-order valence-corrected chi connectivity index (χ3v) is 5.11. The molecule has 0 bridgehead atoms. The van der Waals surface area contributed by atoms with Crippen LogP contribution in [-0.4, -0.2) is 21.1 Å². The summed E-state index contributed by atoms with van der Waals surface area (Å²) in [7, 11) is 0. The predicted molar refractivity (Wildman–Crippen MR) is 96.6 cm³/mol. The second-order valence-electron chi connectivity index (χ2n) is 5.27. The Morgan fingerprint density at radius 1 is 1.42 bits per heavy atom. The maximum atomic E-state index is 12.5. The highest BCUT2D eigenvalue weighted by atomic mass is 35.5. The van der Waals surface area contributed by atoms with Gasteiger partial charge in [-0.05, 0) is 43.2 Å². The topological polar surface area (TPSA) is 68.0 Å². The number of aryl methyl sites for hydroxylation is 1. The van der Waals surface area contributed by atoms with Crippen LogP contribution in [0.15, 0.2) is 46.2 Å². The number of pyridine rings is 1. The molecule has 0 saturated heterocycles. The largest absolute Gasteiger partial charge is 0.430 e. The molecule has 5 nitrogen and oxygen atoms in total. The van der Waals surface area contributed by atoms with Crippen LogP contribution in [0.3, 0.4) is 0 Å². The fourth-order valence-electron chi connectivity index (χ4n) is 2.14. The average molecular weight is 362 g/mol. The number of halogens is 1. The Morgan fingerprint density at radius 3 is 2.96 bits per heavy atom. The van der Waals surface area contributed by atoms with Crippen molar-refractivity contribution in [2.75, 3.05) is 5.32 Å². The van der Waals surface area contributed by atoms with E-state index in [0.717, 1.165) is 5.56 Å². The second-order valence-corrected chi connectivity index (χ2v) is 6.83. The van der Waals surface area contributed by atoms with Crippen LogP contribution in [0.25, 0.3) is 11.2 Å². The third kappa shape index (κ3) is 3.71. The average Bonchev–Trinajstić information content (AvgIpc) is 2.98. The molecule has 124 valence electrons. The number of hydrogen-bond acceptors (Lipinski definition) is 5. The summed E-state index contributed by atoms with van der Waals surface area (Å²) in [6.45, 7) is 3.86.